The number of thiazole rings is 1. The molecule has 6 nitrogen and oxygen atoms in total. The Morgan fingerprint density at radius 1 is 1.10 bits per heavy atom. The summed E-state index contributed by atoms with van der Waals surface area (Å²) in [5.41, 5.74) is 0.414. The second-order valence-electron chi connectivity index (χ2n) is 5.86. The van der Waals surface area contributed by atoms with Crippen LogP contribution in [0.25, 0.3) is 0 Å². The molecule has 160 valence electrons. The fourth-order valence-corrected chi connectivity index (χ4v) is 2.97. The lowest BCUT2D eigenvalue weighted by atomic mass is 10.1. The fraction of sp³-hybridized carbons (Fsp3) is 0.389. The van der Waals surface area contributed by atoms with Crippen molar-refractivity contribution in [3.63, 3.8) is 0 Å². The van der Waals surface area contributed by atoms with Crippen LogP contribution in [-0.4, -0.2) is 43.5 Å². The molecule has 0 fully saturated rings. The van der Waals surface area contributed by atoms with Gasteiger partial charge < -0.3 is 16.0 Å². The van der Waals surface area contributed by atoms with E-state index in [0.717, 1.165) is 41.4 Å². The summed E-state index contributed by atoms with van der Waals surface area (Å²) >= 11 is 1.61. The maximum Gasteiger partial charge on any atom is 0.416 e. The van der Waals surface area contributed by atoms with Crippen molar-refractivity contribution in [3.05, 3.63) is 51.5 Å². The van der Waals surface area contributed by atoms with Crippen molar-refractivity contribution in [3.8, 4) is 0 Å². The number of aliphatic imine (C=N–C) groups is 1. The molecule has 1 amide bonds. The lowest BCUT2D eigenvalue weighted by molar-refractivity contribution is -0.137. The van der Waals surface area contributed by atoms with Gasteiger partial charge in [0.15, 0.2) is 5.96 Å². The third kappa shape index (κ3) is 8.56. The van der Waals surface area contributed by atoms with Crippen LogP contribution in [0.5, 0.6) is 0 Å². The summed E-state index contributed by atoms with van der Waals surface area (Å²) in [4.78, 5) is 20.5. The minimum Gasteiger partial charge on any atom is -0.356 e. The highest BCUT2D eigenvalue weighted by Gasteiger charge is 2.30. The molecule has 29 heavy (non-hydrogen) atoms. The van der Waals surface area contributed by atoms with E-state index < -0.39 is 17.6 Å². The average Bonchev–Trinajstić information content (AvgIpc) is 3.08. The van der Waals surface area contributed by atoms with Gasteiger partial charge in [-0.25, -0.2) is 4.98 Å². The Bertz CT molecular complexity index is 809. The third-order valence-electron chi connectivity index (χ3n) is 3.74. The Morgan fingerprint density at radius 2 is 1.72 bits per heavy atom. The molecule has 2 rings (SSSR count). The number of aryl methyl sites for hydroxylation is 1. The van der Waals surface area contributed by atoms with Gasteiger partial charge in [0.2, 0.25) is 0 Å². The lowest BCUT2D eigenvalue weighted by Gasteiger charge is -2.12. The Morgan fingerprint density at radius 3 is 2.28 bits per heavy atom. The lowest BCUT2D eigenvalue weighted by Crippen LogP contribution is -2.42. The first-order valence-corrected chi connectivity index (χ1v) is 9.48. The van der Waals surface area contributed by atoms with Gasteiger partial charge in [0.05, 0.1) is 16.3 Å². The van der Waals surface area contributed by atoms with E-state index >= 15 is 0 Å². The first kappa shape index (κ1) is 25.1. The van der Waals surface area contributed by atoms with Crippen LogP contribution < -0.4 is 16.0 Å². The molecule has 0 aliphatic rings. The first-order valence-electron chi connectivity index (χ1n) is 8.60. The van der Waals surface area contributed by atoms with Gasteiger partial charge in [-0.15, -0.1) is 35.3 Å². The molecule has 0 aliphatic heterocycles. The van der Waals surface area contributed by atoms with Crippen molar-refractivity contribution in [1.29, 1.82) is 0 Å². The van der Waals surface area contributed by atoms with Gasteiger partial charge in [-0.1, -0.05) is 0 Å². The SMILES string of the molecule is CN=C(NCCNC(=O)c1ccc(C(F)(F)F)cc1)NCCc1csc(C)n1.I. The minimum absolute atomic E-state index is 0. The number of guanidine groups is 1. The second-order valence-corrected chi connectivity index (χ2v) is 6.93. The highest BCUT2D eigenvalue weighted by atomic mass is 127. The van der Waals surface area contributed by atoms with Gasteiger partial charge in [0, 0.05) is 44.0 Å². The van der Waals surface area contributed by atoms with Crippen molar-refractivity contribution in [2.24, 2.45) is 4.99 Å². The zero-order chi connectivity index (χ0) is 20.6. The third-order valence-corrected chi connectivity index (χ3v) is 4.56. The Labute approximate surface area is 188 Å². The molecule has 0 aliphatic carbocycles. The molecular formula is C18H23F3IN5OS. The fourth-order valence-electron chi connectivity index (χ4n) is 2.32. The standard InChI is InChI=1S/C18H22F3N5OS.HI/c1-12-26-15(11-28-12)7-8-24-17(22-2)25-10-9-23-16(27)13-3-5-14(6-4-13)18(19,20)21;/h3-6,11H,7-10H2,1-2H3,(H,23,27)(H2,22,24,25);1H. The van der Waals surface area contributed by atoms with Crippen LogP contribution in [0.1, 0.15) is 26.6 Å². The summed E-state index contributed by atoms with van der Waals surface area (Å²) in [6, 6.07) is 4.10. The number of carbonyl (C=O) groups excluding carboxylic acids is 1. The summed E-state index contributed by atoms with van der Waals surface area (Å²) in [6.07, 6.45) is -3.64. The van der Waals surface area contributed by atoms with Crippen molar-refractivity contribution in [2.75, 3.05) is 26.7 Å². The molecule has 1 aromatic carbocycles. The monoisotopic (exact) mass is 541 g/mol. The quantitative estimate of drug-likeness (QED) is 0.218. The van der Waals surface area contributed by atoms with E-state index in [1.54, 1.807) is 18.4 Å². The summed E-state index contributed by atoms with van der Waals surface area (Å²) in [5.74, 6) is 0.160. The van der Waals surface area contributed by atoms with E-state index in [9.17, 15) is 18.0 Å². The number of nitrogens with one attached hydrogen (secondary N) is 3. The van der Waals surface area contributed by atoms with Gasteiger partial charge >= 0.3 is 6.18 Å². The second kappa shape index (κ2) is 12.0. The van der Waals surface area contributed by atoms with Crippen molar-refractivity contribution < 1.29 is 18.0 Å². The average molecular weight is 541 g/mol. The predicted octanol–water partition coefficient (Wildman–Crippen LogP) is 3.23. The highest BCUT2D eigenvalue weighted by molar-refractivity contribution is 14.0. The normalized spacial score (nSPS) is 11.6. The maximum absolute atomic E-state index is 12.5. The van der Waals surface area contributed by atoms with Crippen molar-refractivity contribution in [1.82, 2.24) is 20.9 Å². The van der Waals surface area contributed by atoms with Crippen molar-refractivity contribution >= 4 is 47.2 Å². The van der Waals surface area contributed by atoms with Crippen LogP contribution in [0.2, 0.25) is 0 Å². The molecule has 0 bridgehead atoms. The molecule has 0 unspecified atom stereocenters. The van der Waals surface area contributed by atoms with E-state index in [2.05, 4.69) is 25.9 Å². The number of benzene rings is 1. The number of alkyl halides is 3. The molecule has 3 N–H and O–H groups in total. The number of hydrogen-bond donors (Lipinski definition) is 3. The molecule has 2 aromatic rings. The number of amides is 1. The molecule has 0 spiro atoms. The smallest absolute Gasteiger partial charge is 0.356 e. The molecule has 0 atom stereocenters. The van der Waals surface area contributed by atoms with Crippen LogP contribution in [-0.2, 0) is 12.6 Å². The zero-order valence-electron chi connectivity index (χ0n) is 16.0. The number of carbonyl (C=O) groups is 1. The van der Waals surface area contributed by atoms with Gasteiger partial charge in [-0.3, -0.25) is 9.79 Å². The summed E-state index contributed by atoms with van der Waals surface area (Å²) in [7, 11) is 1.64. The van der Waals surface area contributed by atoms with Gasteiger partial charge in [-0.2, -0.15) is 13.2 Å². The molecule has 1 aromatic heterocycles. The van der Waals surface area contributed by atoms with Gasteiger partial charge in [0.1, 0.15) is 0 Å². The van der Waals surface area contributed by atoms with Crippen LogP contribution in [0.3, 0.4) is 0 Å². The number of nitrogens with zero attached hydrogens (tertiary/aromatic N) is 2. The Balaban J connectivity index is 0.00000420. The molecule has 0 saturated carbocycles. The summed E-state index contributed by atoms with van der Waals surface area (Å²) in [5, 5.41) is 11.9. The number of rotatable bonds is 7. The minimum atomic E-state index is -4.42. The summed E-state index contributed by atoms with van der Waals surface area (Å²) in [6.45, 7) is 3.34. The van der Waals surface area contributed by atoms with Crippen LogP contribution >= 0.6 is 35.3 Å². The predicted molar refractivity (Wildman–Crippen MR) is 119 cm³/mol. The van der Waals surface area contributed by atoms with Gasteiger partial charge in [-0.05, 0) is 31.2 Å². The van der Waals surface area contributed by atoms with E-state index in [0.29, 0.717) is 25.6 Å². The van der Waals surface area contributed by atoms with Crippen molar-refractivity contribution in [2.45, 2.75) is 19.5 Å². The number of halogens is 4. The van der Waals surface area contributed by atoms with Crippen LogP contribution in [0.4, 0.5) is 13.2 Å². The van der Waals surface area contributed by atoms with E-state index in [1.165, 1.54) is 0 Å². The Hall–Kier alpha value is -1.89. The first-order chi connectivity index (χ1) is 13.3. The number of aromatic nitrogens is 1. The zero-order valence-corrected chi connectivity index (χ0v) is 19.1. The molecule has 11 heteroatoms. The van der Waals surface area contributed by atoms with E-state index in [4.69, 9.17) is 0 Å². The van der Waals surface area contributed by atoms with Crippen LogP contribution in [0.15, 0.2) is 34.6 Å². The Kier molecular flexibility index (Phi) is 10.4. The molecule has 0 radical (unpaired) electrons. The van der Waals surface area contributed by atoms with Crippen LogP contribution in [0, 0.1) is 6.92 Å². The van der Waals surface area contributed by atoms with Gasteiger partial charge in [0.25, 0.3) is 5.91 Å². The maximum atomic E-state index is 12.5. The topological polar surface area (TPSA) is 78.4 Å². The largest absolute Gasteiger partial charge is 0.416 e. The molecule has 0 saturated heterocycles. The molecular weight excluding hydrogens is 518 g/mol. The van der Waals surface area contributed by atoms with E-state index in [1.807, 2.05) is 12.3 Å². The highest BCUT2D eigenvalue weighted by Crippen LogP contribution is 2.29. The van der Waals surface area contributed by atoms with E-state index in [-0.39, 0.29) is 29.5 Å². The number of hydrogen-bond acceptors (Lipinski definition) is 4. The summed E-state index contributed by atoms with van der Waals surface area (Å²) < 4.78 is 37.6. The molecule has 1 heterocycles.